The molecule has 1 atom stereocenters. The highest BCUT2D eigenvalue weighted by Gasteiger charge is 2.19. The molecule has 0 amide bonds. The van der Waals surface area contributed by atoms with Crippen molar-refractivity contribution in [2.24, 2.45) is 0 Å². The van der Waals surface area contributed by atoms with Gasteiger partial charge < -0.3 is 0 Å². The number of rotatable bonds is 3. The van der Waals surface area contributed by atoms with Crippen LogP contribution in [0.25, 0.3) is 0 Å². The summed E-state index contributed by atoms with van der Waals surface area (Å²) < 4.78 is 12.6. The van der Waals surface area contributed by atoms with E-state index in [1.54, 1.807) is 18.2 Å². The minimum atomic E-state index is -0.620. The Bertz CT molecular complexity index is 354. The number of ketones is 1. The van der Waals surface area contributed by atoms with Gasteiger partial charge in [0.25, 0.3) is 0 Å². The van der Waals surface area contributed by atoms with Gasteiger partial charge in [-0.1, -0.05) is 39.7 Å². The Labute approximate surface area is 95.4 Å². The summed E-state index contributed by atoms with van der Waals surface area (Å²) >= 11 is 9.09. The minimum Gasteiger partial charge on any atom is -0.298 e. The molecule has 14 heavy (non-hydrogen) atoms. The number of carbonyl (C=O) groups excluding carboxylic acids is 1. The van der Waals surface area contributed by atoms with Crippen LogP contribution in [0.1, 0.15) is 22.9 Å². The Kier molecular flexibility index (Phi) is 4.08. The third kappa shape index (κ3) is 2.34. The van der Waals surface area contributed by atoms with Gasteiger partial charge in [0.2, 0.25) is 0 Å². The normalized spacial score (nSPS) is 12.6. The molecule has 76 valence electrons. The monoisotopic (exact) mass is 278 g/mol. The lowest BCUT2D eigenvalue weighted by atomic mass is 10.0. The van der Waals surface area contributed by atoms with E-state index in [0.717, 1.165) is 0 Å². The lowest BCUT2D eigenvalue weighted by Crippen LogP contribution is -2.05. The zero-order valence-corrected chi connectivity index (χ0v) is 9.90. The van der Waals surface area contributed by atoms with Crippen LogP contribution in [0.15, 0.2) is 18.2 Å². The third-order valence-corrected chi connectivity index (χ3v) is 3.33. The van der Waals surface area contributed by atoms with Gasteiger partial charge in [0.05, 0.1) is 4.83 Å². The van der Waals surface area contributed by atoms with Crippen molar-refractivity contribution in [3.63, 3.8) is 0 Å². The highest BCUT2D eigenvalue weighted by molar-refractivity contribution is 9.09. The zero-order valence-electron chi connectivity index (χ0n) is 7.56. The van der Waals surface area contributed by atoms with Crippen molar-refractivity contribution >= 4 is 33.3 Å². The molecule has 1 rings (SSSR count). The molecule has 1 unspecified atom stereocenters. The van der Waals surface area contributed by atoms with E-state index in [0.29, 0.717) is 16.1 Å². The zero-order chi connectivity index (χ0) is 10.7. The maximum absolute atomic E-state index is 12.6. The quantitative estimate of drug-likeness (QED) is 0.769. The van der Waals surface area contributed by atoms with E-state index >= 15 is 0 Å². The molecular weight excluding hydrogens is 270 g/mol. The van der Waals surface area contributed by atoms with Crippen LogP contribution in [0.2, 0.25) is 5.02 Å². The first-order chi connectivity index (χ1) is 6.57. The van der Waals surface area contributed by atoms with Gasteiger partial charge in [0.15, 0.2) is 0 Å². The standard InChI is InChI=1S/C10H9BrClFO/c1-6(14)10(11)9-7(5-13)3-2-4-8(9)12/h2-4,10H,5H2,1H3. The summed E-state index contributed by atoms with van der Waals surface area (Å²) in [4.78, 5) is 10.6. The average molecular weight is 280 g/mol. The van der Waals surface area contributed by atoms with Gasteiger partial charge in [0, 0.05) is 5.02 Å². The summed E-state index contributed by atoms with van der Waals surface area (Å²) in [6, 6.07) is 4.94. The van der Waals surface area contributed by atoms with Gasteiger partial charge in [-0.3, -0.25) is 4.79 Å². The van der Waals surface area contributed by atoms with E-state index in [1.807, 2.05) is 0 Å². The van der Waals surface area contributed by atoms with Crippen molar-refractivity contribution in [3.05, 3.63) is 34.3 Å². The van der Waals surface area contributed by atoms with Crippen molar-refractivity contribution < 1.29 is 9.18 Å². The van der Waals surface area contributed by atoms with Crippen molar-refractivity contribution in [1.82, 2.24) is 0 Å². The van der Waals surface area contributed by atoms with Crippen molar-refractivity contribution in [2.75, 3.05) is 0 Å². The van der Waals surface area contributed by atoms with Crippen LogP contribution in [-0.4, -0.2) is 5.78 Å². The van der Waals surface area contributed by atoms with Gasteiger partial charge >= 0.3 is 0 Å². The van der Waals surface area contributed by atoms with Gasteiger partial charge in [-0.15, -0.1) is 0 Å². The molecule has 0 fully saturated rings. The summed E-state index contributed by atoms with van der Waals surface area (Å²) in [6.07, 6.45) is 0. The molecule has 0 aliphatic carbocycles. The Morgan fingerprint density at radius 1 is 1.64 bits per heavy atom. The predicted octanol–water partition coefficient (Wildman–Crippen LogP) is 3.83. The second-order valence-corrected chi connectivity index (χ2v) is 4.24. The van der Waals surface area contributed by atoms with Crippen LogP contribution in [0.4, 0.5) is 4.39 Å². The molecule has 0 aliphatic heterocycles. The molecule has 0 radical (unpaired) electrons. The molecule has 0 aliphatic rings. The Hall–Kier alpha value is -0.410. The third-order valence-electron chi connectivity index (χ3n) is 1.90. The lowest BCUT2D eigenvalue weighted by molar-refractivity contribution is -0.116. The highest BCUT2D eigenvalue weighted by Crippen LogP contribution is 2.33. The number of carbonyl (C=O) groups is 1. The molecule has 0 saturated carbocycles. The van der Waals surface area contributed by atoms with E-state index < -0.39 is 11.5 Å². The average Bonchev–Trinajstić information content (AvgIpc) is 2.16. The van der Waals surface area contributed by atoms with Gasteiger partial charge in [0.1, 0.15) is 12.5 Å². The van der Waals surface area contributed by atoms with E-state index in [9.17, 15) is 9.18 Å². The number of hydrogen-bond acceptors (Lipinski definition) is 1. The second kappa shape index (κ2) is 4.89. The molecule has 1 aromatic rings. The summed E-state index contributed by atoms with van der Waals surface area (Å²) in [6.45, 7) is 0.816. The first-order valence-corrected chi connectivity index (χ1v) is 5.35. The number of benzene rings is 1. The predicted molar refractivity (Wildman–Crippen MR) is 58.6 cm³/mol. The molecule has 0 aromatic heterocycles. The maximum atomic E-state index is 12.6. The first-order valence-electron chi connectivity index (χ1n) is 4.05. The van der Waals surface area contributed by atoms with Crippen LogP contribution in [0.3, 0.4) is 0 Å². The number of halogens is 3. The number of Topliss-reactive ketones (excluding diaryl/α,β-unsaturated/α-hetero) is 1. The van der Waals surface area contributed by atoms with Crippen LogP contribution in [0, 0.1) is 0 Å². The topological polar surface area (TPSA) is 17.1 Å². The molecular formula is C10H9BrClFO. The molecule has 4 heteroatoms. The summed E-state index contributed by atoms with van der Waals surface area (Å²) in [5.41, 5.74) is 0.985. The Balaban J connectivity index is 3.23. The van der Waals surface area contributed by atoms with Crippen molar-refractivity contribution in [2.45, 2.75) is 18.4 Å². The number of hydrogen-bond donors (Lipinski definition) is 0. The largest absolute Gasteiger partial charge is 0.298 e. The van der Waals surface area contributed by atoms with Crippen LogP contribution in [0.5, 0.6) is 0 Å². The first kappa shape index (κ1) is 11.7. The fourth-order valence-corrected chi connectivity index (χ4v) is 2.16. The second-order valence-electron chi connectivity index (χ2n) is 2.92. The van der Waals surface area contributed by atoms with Crippen LogP contribution >= 0.6 is 27.5 Å². The van der Waals surface area contributed by atoms with Crippen molar-refractivity contribution in [3.8, 4) is 0 Å². The summed E-state index contributed by atoms with van der Waals surface area (Å²) in [5.74, 6) is -0.0900. The van der Waals surface area contributed by atoms with E-state index in [1.165, 1.54) is 6.92 Å². The van der Waals surface area contributed by atoms with E-state index in [4.69, 9.17) is 11.6 Å². The fraction of sp³-hybridized carbons (Fsp3) is 0.300. The molecule has 1 nitrogen and oxygen atoms in total. The Morgan fingerprint density at radius 2 is 2.29 bits per heavy atom. The Morgan fingerprint density at radius 3 is 2.79 bits per heavy atom. The highest BCUT2D eigenvalue weighted by atomic mass is 79.9. The van der Waals surface area contributed by atoms with Crippen LogP contribution < -0.4 is 0 Å². The maximum Gasteiger partial charge on any atom is 0.147 e. The molecule has 0 heterocycles. The van der Waals surface area contributed by atoms with Crippen LogP contribution in [-0.2, 0) is 11.5 Å². The minimum absolute atomic E-state index is 0.0900. The van der Waals surface area contributed by atoms with Gasteiger partial charge in [-0.25, -0.2) is 4.39 Å². The number of alkyl halides is 2. The van der Waals surface area contributed by atoms with Gasteiger partial charge in [-0.2, -0.15) is 0 Å². The van der Waals surface area contributed by atoms with Gasteiger partial charge in [-0.05, 0) is 24.1 Å². The van der Waals surface area contributed by atoms with Crippen molar-refractivity contribution in [1.29, 1.82) is 0 Å². The molecule has 0 spiro atoms. The van der Waals surface area contributed by atoms with E-state index in [2.05, 4.69) is 15.9 Å². The molecule has 0 saturated heterocycles. The SMILES string of the molecule is CC(=O)C(Br)c1c(Cl)cccc1CF. The molecule has 0 N–H and O–H groups in total. The summed E-state index contributed by atoms with van der Waals surface area (Å²) in [5, 5.41) is 0.414. The fourth-order valence-electron chi connectivity index (χ4n) is 1.19. The van der Waals surface area contributed by atoms with E-state index in [-0.39, 0.29) is 5.78 Å². The molecule has 1 aromatic carbocycles. The summed E-state index contributed by atoms with van der Waals surface area (Å²) in [7, 11) is 0. The smallest absolute Gasteiger partial charge is 0.147 e. The lowest BCUT2D eigenvalue weighted by Gasteiger charge is -2.12. The molecule has 0 bridgehead atoms.